The second-order valence-corrected chi connectivity index (χ2v) is 8.85. The van der Waals surface area contributed by atoms with E-state index < -0.39 is 18.2 Å². The van der Waals surface area contributed by atoms with E-state index in [-0.39, 0.29) is 31.0 Å². The number of hydrogen-bond donors (Lipinski definition) is 3. The van der Waals surface area contributed by atoms with Gasteiger partial charge in [-0.3, -0.25) is 4.79 Å². The van der Waals surface area contributed by atoms with E-state index >= 15 is 0 Å². The van der Waals surface area contributed by atoms with E-state index in [4.69, 9.17) is 4.74 Å². The molecule has 34 heavy (non-hydrogen) atoms. The molecule has 0 saturated carbocycles. The lowest BCUT2D eigenvalue weighted by atomic mass is 9.98. The van der Waals surface area contributed by atoms with Gasteiger partial charge in [-0.15, -0.1) is 0 Å². The van der Waals surface area contributed by atoms with Crippen LogP contribution in [0.4, 0.5) is 4.79 Å². The van der Waals surface area contributed by atoms with Gasteiger partial charge in [-0.2, -0.15) is 0 Å². The van der Waals surface area contributed by atoms with Crippen LogP contribution in [0.25, 0.3) is 11.1 Å². The van der Waals surface area contributed by atoms with Crippen LogP contribution in [-0.4, -0.2) is 36.4 Å². The molecule has 1 aliphatic carbocycles. The Morgan fingerprint density at radius 2 is 1.41 bits per heavy atom. The zero-order valence-electron chi connectivity index (χ0n) is 19.4. The zero-order valence-corrected chi connectivity index (χ0v) is 19.4. The first-order chi connectivity index (χ1) is 16.5. The van der Waals surface area contributed by atoms with Crippen LogP contribution < -0.4 is 10.6 Å². The molecule has 3 aromatic rings. The van der Waals surface area contributed by atoms with Crippen molar-refractivity contribution in [1.29, 1.82) is 0 Å². The lowest BCUT2D eigenvalue weighted by Gasteiger charge is -2.25. The molecule has 2 atom stereocenters. The second kappa shape index (κ2) is 10.5. The van der Waals surface area contributed by atoms with Crippen LogP contribution in [0.3, 0.4) is 0 Å². The Morgan fingerprint density at radius 3 is 1.97 bits per heavy atom. The number of hydrogen-bond acceptors (Lipinski definition) is 4. The van der Waals surface area contributed by atoms with Crippen LogP contribution in [0.5, 0.6) is 0 Å². The largest absolute Gasteiger partial charge is 0.449 e. The molecule has 0 spiro atoms. The van der Waals surface area contributed by atoms with E-state index in [1.165, 1.54) is 0 Å². The molecule has 0 radical (unpaired) electrons. The lowest BCUT2D eigenvalue weighted by molar-refractivity contribution is -0.125. The summed E-state index contributed by atoms with van der Waals surface area (Å²) < 4.78 is 5.61. The Bertz CT molecular complexity index is 1100. The van der Waals surface area contributed by atoms with Crippen LogP contribution in [0.15, 0.2) is 78.9 Å². The van der Waals surface area contributed by atoms with E-state index in [0.29, 0.717) is 0 Å². The quantitative estimate of drug-likeness (QED) is 0.467. The lowest BCUT2D eigenvalue weighted by Crippen LogP contribution is -2.51. The van der Waals surface area contributed by atoms with E-state index in [1.54, 1.807) is 0 Å². The molecule has 0 heterocycles. The monoisotopic (exact) mass is 458 g/mol. The number of carbonyl (C=O) groups is 2. The van der Waals surface area contributed by atoms with Gasteiger partial charge >= 0.3 is 6.09 Å². The van der Waals surface area contributed by atoms with Crippen LogP contribution in [-0.2, 0) is 9.53 Å². The Kier molecular flexibility index (Phi) is 7.28. The van der Waals surface area contributed by atoms with Crippen LogP contribution in [0.1, 0.15) is 42.5 Å². The van der Waals surface area contributed by atoms with E-state index in [9.17, 15) is 14.7 Å². The second-order valence-electron chi connectivity index (χ2n) is 8.85. The third kappa shape index (κ3) is 4.97. The molecule has 3 aromatic carbocycles. The number of carbonyl (C=O) groups excluding carboxylic acids is 2. The summed E-state index contributed by atoms with van der Waals surface area (Å²) in [4.78, 5) is 25.7. The van der Waals surface area contributed by atoms with Crippen LogP contribution in [0, 0.1) is 5.92 Å². The Hall–Kier alpha value is -3.64. The SMILES string of the molecule is CC(C)C(NC(=O)OCC1c2ccccc2-c2ccccc21)C(=O)NC(CO)c1ccccc1. The minimum Gasteiger partial charge on any atom is -0.449 e. The predicted octanol–water partition coefficient (Wildman–Crippen LogP) is 4.40. The molecule has 1 aliphatic rings. The molecule has 0 aromatic heterocycles. The number of aliphatic hydroxyl groups excluding tert-OH is 1. The fourth-order valence-electron chi connectivity index (χ4n) is 4.48. The predicted molar refractivity (Wildman–Crippen MR) is 131 cm³/mol. The van der Waals surface area contributed by atoms with Crippen molar-refractivity contribution >= 4 is 12.0 Å². The van der Waals surface area contributed by atoms with E-state index in [1.807, 2.05) is 68.4 Å². The Balaban J connectivity index is 1.40. The normalized spacial score (nSPS) is 14.1. The molecular weight excluding hydrogens is 428 g/mol. The van der Waals surface area contributed by atoms with Gasteiger partial charge in [-0.1, -0.05) is 92.7 Å². The van der Waals surface area contributed by atoms with Crippen LogP contribution >= 0.6 is 0 Å². The highest BCUT2D eigenvalue weighted by atomic mass is 16.5. The summed E-state index contributed by atoms with van der Waals surface area (Å²) in [6.45, 7) is 3.63. The van der Waals surface area contributed by atoms with Crippen molar-refractivity contribution in [1.82, 2.24) is 10.6 Å². The molecule has 3 N–H and O–H groups in total. The molecule has 0 aliphatic heterocycles. The fraction of sp³-hybridized carbons (Fsp3) is 0.286. The summed E-state index contributed by atoms with van der Waals surface area (Å²) in [5.41, 5.74) is 5.36. The highest BCUT2D eigenvalue weighted by molar-refractivity contribution is 5.86. The minimum absolute atomic E-state index is 0.0543. The van der Waals surface area contributed by atoms with Gasteiger partial charge in [0.15, 0.2) is 0 Å². The number of benzene rings is 3. The first-order valence-electron chi connectivity index (χ1n) is 11.6. The molecule has 4 rings (SSSR count). The van der Waals surface area contributed by atoms with Gasteiger partial charge in [-0.05, 0) is 33.7 Å². The zero-order chi connectivity index (χ0) is 24.1. The first-order valence-corrected chi connectivity index (χ1v) is 11.6. The first kappa shape index (κ1) is 23.5. The molecule has 6 heteroatoms. The van der Waals surface area contributed by atoms with E-state index in [2.05, 4.69) is 34.9 Å². The third-order valence-electron chi connectivity index (χ3n) is 6.27. The van der Waals surface area contributed by atoms with Crippen molar-refractivity contribution in [2.75, 3.05) is 13.2 Å². The highest BCUT2D eigenvalue weighted by Gasteiger charge is 2.31. The average molecular weight is 459 g/mol. The smallest absolute Gasteiger partial charge is 0.407 e. The van der Waals surface area contributed by atoms with Crippen molar-refractivity contribution < 1.29 is 19.4 Å². The third-order valence-corrected chi connectivity index (χ3v) is 6.27. The van der Waals surface area contributed by atoms with Gasteiger partial charge in [0.1, 0.15) is 12.6 Å². The highest BCUT2D eigenvalue weighted by Crippen LogP contribution is 2.44. The topological polar surface area (TPSA) is 87.7 Å². The molecule has 0 bridgehead atoms. The van der Waals surface area contributed by atoms with Gasteiger partial charge in [0.25, 0.3) is 0 Å². The van der Waals surface area contributed by atoms with Gasteiger partial charge in [0, 0.05) is 5.92 Å². The van der Waals surface area contributed by atoms with Crippen molar-refractivity contribution in [2.24, 2.45) is 5.92 Å². The van der Waals surface area contributed by atoms with Gasteiger partial charge in [0.2, 0.25) is 5.91 Å². The Morgan fingerprint density at radius 1 is 0.853 bits per heavy atom. The van der Waals surface area contributed by atoms with Crippen molar-refractivity contribution in [3.8, 4) is 11.1 Å². The standard InChI is InChI=1S/C28H30N2O4/c1-18(2)26(27(32)29-25(16-31)19-10-4-3-5-11-19)30-28(33)34-17-24-22-14-8-6-12-20(22)21-13-7-9-15-23(21)24/h3-15,18,24-26,31H,16-17H2,1-2H3,(H,29,32)(H,30,33). The summed E-state index contributed by atoms with van der Waals surface area (Å²) in [7, 11) is 0. The maximum absolute atomic E-state index is 13.0. The minimum atomic E-state index is -0.798. The van der Waals surface area contributed by atoms with Crippen molar-refractivity contribution in [3.63, 3.8) is 0 Å². The molecule has 2 amide bonds. The molecule has 6 nitrogen and oxygen atoms in total. The maximum atomic E-state index is 13.0. The number of amides is 2. The summed E-state index contributed by atoms with van der Waals surface area (Å²) in [5.74, 6) is -0.594. The van der Waals surface area contributed by atoms with Crippen molar-refractivity contribution in [2.45, 2.75) is 31.8 Å². The average Bonchev–Trinajstić information content (AvgIpc) is 3.18. The molecule has 2 unspecified atom stereocenters. The summed E-state index contributed by atoms with van der Waals surface area (Å²) in [5, 5.41) is 15.3. The van der Waals surface area contributed by atoms with Gasteiger partial charge in [0.05, 0.1) is 12.6 Å². The Labute approximate surface area is 200 Å². The molecule has 176 valence electrons. The van der Waals surface area contributed by atoms with E-state index in [0.717, 1.165) is 27.8 Å². The fourth-order valence-corrected chi connectivity index (χ4v) is 4.48. The summed E-state index contributed by atoms with van der Waals surface area (Å²) in [6.07, 6.45) is -0.643. The summed E-state index contributed by atoms with van der Waals surface area (Å²) in [6, 6.07) is 24.2. The summed E-state index contributed by atoms with van der Waals surface area (Å²) >= 11 is 0. The maximum Gasteiger partial charge on any atom is 0.407 e. The molecule has 0 fully saturated rings. The number of alkyl carbamates (subject to hydrolysis) is 1. The molecular formula is C28H30N2O4. The number of aliphatic hydroxyl groups is 1. The number of fused-ring (bicyclic) bond motifs is 3. The van der Waals surface area contributed by atoms with Crippen LogP contribution in [0.2, 0.25) is 0 Å². The number of nitrogens with one attached hydrogen (secondary N) is 2. The van der Waals surface area contributed by atoms with Crippen molar-refractivity contribution in [3.05, 3.63) is 95.6 Å². The molecule has 0 saturated heterocycles. The number of rotatable bonds is 8. The van der Waals surface area contributed by atoms with Gasteiger partial charge < -0.3 is 20.5 Å². The number of ether oxygens (including phenoxy) is 1. The van der Waals surface area contributed by atoms with Gasteiger partial charge in [-0.25, -0.2) is 4.79 Å².